The summed E-state index contributed by atoms with van der Waals surface area (Å²) in [6, 6.07) is 0. The third-order valence-electron chi connectivity index (χ3n) is 2.65. The molecule has 0 aliphatic heterocycles. The number of hydrogen-bond donors (Lipinski definition) is 2. The summed E-state index contributed by atoms with van der Waals surface area (Å²) < 4.78 is 0. The largest absolute Gasteiger partial charge is 1.00 e. The maximum Gasteiger partial charge on any atom is 1.00 e. The average molecular weight is 224 g/mol. The molecular weight excluding hydrogens is 199 g/mol. The summed E-state index contributed by atoms with van der Waals surface area (Å²) in [5.74, 6) is 0.0868. The summed E-state index contributed by atoms with van der Waals surface area (Å²) in [6.45, 7) is 6.18. The zero-order valence-electron chi connectivity index (χ0n) is 10.4. The van der Waals surface area contributed by atoms with Gasteiger partial charge in [-0.1, -0.05) is 45.4 Å². The van der Waals surface area contributed by atoms with Crippen LogP contribution < -0.4 is 29.6 Å². The predicted octanol–water partition coefficient (Wildman–Crippen LogP) is -0.456. The molecule has 0 saturated heterocycles. The molecule has 2 atom stereocenters. The fourth-order valence-corrected chi connectivity index (χ4v) is 1.57. The van der Waals surface area contributed by atoms with Crippen molar-refractivity contribution >= 4 is 0 Å². The second kappa shape index (κ2) is 13.0. The Labute approximate surface area is 117 Å². The van der Waals surface area contributed by atoms with E-state index in [2.05, 4.69) is 13.8 Å². The number of hydrogen-bond acceptors (Lipinski definition) is 2. The van der Waals surface area contributed by atoms with Gasteiger partial charge in [-0.05, 0) is 6.42 Å². The zero-order chi connectivity index (χ0) is 10.8. The van der Waals surface area contributed by atoms with Crippen LogP contribution in [-0.4, -0.2) is 22.9 Å². The summed E-state index contributed by atoms with van der Waals surface area (Å²) in [5.41, 5.74) is 0. The Morgan fingerprint density at radius 1 is 1.07 bits per heavy atom. The SMILES string of the molecule is [CH2-]C(CCCCCCC)C(O)CCO.[Na+]. The molecule has 0 aliphatic rings. The van der Waals surface area contributed by atoms with Crippen molar-refractivity contribution in [3.05, 3.63) is 6.92 Å². The van der Waals surface area contributed by atoms with Gasteiger partial charge < -0.3 is 17.1 Å². The van der Waals surface area contributed by atoms with E-state index < -0.39 is 6.10 Å². The molecule has 0 aromatic carbocycles. The molecule has 0 saturated carbocycles. The van der Waals surface area contributed by atoms with Crippen LogP contribution in [0.15, 0.2) is 0 Å². The van der Waals surface area contributed by atoms with Crippen LogP contribution in [0, 0.1) is 12.8 Å². The maximum absolute atomic E-state index is 9.50. The van der Waals surface area contributed by atoms with Gasteiger partial charge in [0, 0.05) is 12.7 Å². The van der Waals surface area contributed by atoms with E-state index >= 15 is 0 Å². The Balaban J connectivity index is 0. The number of aliphatic hydroxyl groups excluding tert-OH is 2. The smallest absolute Gasteiger partial charge is 0.396 e. The molecule has 0 radical (unpaired) electrons. The fraction of sp³-hybridized carbons (Fsp3) is 0.917. The van der Waals surface area contributed by atoms with Gasteiger partial charge in [0.05, 0.1) is 0 Å². The van der Waals surface area contributed by atoms with Crippen molar-refractivity contribution in [2.24, 2.45) is 5.92 Å². The molecule has 0 aromatic heterocycles. The van der Waals surface area contributed by atoms with Crippen LogP contribution >= 0.6 is 0 Å². The van der Waals surface area contributed by atoms with Crippen molar-refractivity contribution in [1.82, 2.24) is 0 Å². The van der Waals surface area contributed by atoms with Crippen molar-refractivity contribution in [2.75, 3.05) is 6.61 Å². The second-order valence-corrected chi connectivity index (χ2v) is 4.04. The molecule has 0 spiro atoms. The second-order valence-electron chi connectivity index (χ2n) is 4.04. The summed E-state index contributed by atoms with van der Waals surface area (Å²) >= 11 is 0. The minimum absolute atomic E-state index is 0. The van der Waals surface area contributed by atoms with E-state index in [0.29, 0.717) is 6.42 Å². The zero-order valence-corrected chi connectivity index (χ0v) is 12.4. The molecular formula is C12H25NaO2. The normalized spacial score (nSPS) is 14.4. The molecule has 2 nitrogen and oxygen atoms in total. The molecule has 0 heterocycles. The van der Waals surface area contributed by atoms with E-state index in [0.717, 1.165) is 12.8 Å². The summed E-state index contributed by atoms with van der Waals surface area (Å²) in [7, 11) is 0. The molecule has 0 aromatic rings. The Bertz CT molecular complexity index is 120. The van der Waals surface area contributed by atoms with Crippen molar-refractivity contribution in [1.29, 1.82) is 0 Å². The van der Waals surface area contributed by atoms with Crippen LogP contribution in [0.4, 0.5) is 0 Å². The Morgan fingerprint density at radius 2 is 1.67 bits per heavy atom. The number of unbranched alkanes of at least 4 members (excludes halogenated alkanes) is 4. The summed E-state index contributed by atoms with van der Waals surface area (Å²) in [4.78, 5) is 0. The summed E-state index contributed by atoms with van der Waals surface area (Å²) in [6.07, 6.45) is 7.27. The first-order valence-electron chi connectivity index (χ1n) is 5.84. The van der Waals surface area contributed by atoms with E-state index in [4.69, 9.17) is 5.11 Å². The first-order valence-corrected chi connectivity index (χ1v) is 5.84. The third-order valence-corrected chi connectivity index (χ3v) is 2.65. The van der Waals surface area contributed by atoms with Gasteiger partial charge in [-0.15, -0.1) is 5.92 Å². The van der Waals surface area contributed by atoms with Gasteiger partial charge in [0.15, 0.2) is 0 Å². The van der Waals surface area contributed by atoms with Gasteiger partial charge in [0.25, 0.3) is 0 Å². The molecule has 3 heteroatoms. The van der Waals surface area contributed by atoms with E-state index in [-0.39, 0.29) is 42.1 Å². The molecule has 0 rings (SSSR count). The van der Waals surface area contributed by atoms with Crippen molar-refractivity contribution < 1.29 is 39.8 Å². The van der Waals surface area contributed by atoms with Gasteiger partial charge in [0.2, 0.25) is 0 Å². The Hall–Kier alpha value is 0.920. The van der Waals surface area contributed by atoms with Crippen LogP contribution in [0.1, 0.15) is 51.9 Å². The molecule has 15 heavy (non-hydrogen) atoms. The molecule has 86 valence electrons. The number of aliphatic hydroxyl groups is 2. The Kier molecular flexibility index (Phi) is 15.8. The van der Waals surface area contributed by atoms with Crippen molar-refractivity contribution in [2.45, 2.75) is 58.0 Å². The van der Waals surface area contributed by atoms with Gasteiger partial charge >= 0.3 is 29.6 Å². The van der Waals surface area contributed by atoms with Crippen LogP contribution in [0.2, 0.25) is 0 Å². The minimum Gasteiger partial charge on any atom is -0.396 e. The van der Waals surface area contributed by atoms with Gasteiger partial charge in [-0.25, -0.2) is 0 Å². The molecule has 2 unspecified atom stereocenters. The van der Waals surface area contributed by atoms with E-state index in [1.165, 1.54) is 25.7 Å². The van der Waals surface area contributed by atoms with Crippen molar-refractivity contribution in [3.63, 3.8) is 0 Å². The summed E-state index contributed by atoms with van der Waals surface area (Å²) in [5, 5.41) is 18.1. The molecule has 0 fully saturated rings. The average Bonchev–Trinajstić information content (AvgIpc) is 2.17. The first kappa shape index (κ1) is 18.3. The van der Waals surface area contributed by atoms with Crippen LogP contribution in [0.25, 0.3) is 0 Å². The van der Waals surface area contributed by atoms with Crippen LogP contribution in [0.5, 0.6) is 0 Å². The fourth-order valence-electron chi connectivity index (χ4n) is 1.57. The quantitative estimate of drug-likeness (QED) is 0.316. The molecule has 0 bridgehead atoms. The third kappa shape index (κ3) is 11.2. The molecule has 2 N–H and O–H groups in total. The first-order chi connectivity index (χ1) is 6.72. The van der Waals surface area contributed by atoms with E-state index in [1.807, 2.05) is 0 Å². The van der Waals surface area contributed by atoms with Gasteiger partial charge in [-0.2, -0.15) is 0 Å². The molecule has 0 amide bonds. The van der Waals surface area contributed by atoms with Gasteiger partial charge in [-0.3, -0.25) is 0 Å². The Morgan fingerprint density at radius 3 is 2.20 bits per heavy atom. The number of rotatable bonds is 9. The minimum atomic E-state index is -0.425. The predicted molar refractivity (Wildman–Crippen MR) is 59.9 cm³/mol. The van der Waals surface area contributed by atoms with Crippen molar-refractivity contribution in [3.8, 4) is 0 Å². The maximum atomic E-state index is 9.50. The van der Waals surface area contributed by atoms with Crippen LogP contribution in [0.3, 0.4) is 0 Å². The molecule has 0 aliphatic carbocycles. The van der Waals surface area contributed by atoms with E-state index in [9.17, 15) is 5.11 Å². The van der Waals surface area contributed by atoms with E-state index in [1.54, 1.807) is 0 Å². The standard InChI is InChI=1S/C12H25O2.Na/c1-3-4-5-6-7-8-11(2)12(14)9-10-13;/h11-14H,2-10H2,1H3;/q-1;+1. The van der Waals surface area contributed by atoms with Gasteiger partial charge in [0.1, 0.15) is 0 Å². The topological polar surface area (TPSA) is 40.5 Å². The van der Waals surface area contributed by atoms with Crippen LogP contribution in [-0.2, 0) is 0 Å². The monoisotopic (exact) mass is 224 g/mol.